The van der Waals surface area contributed by atoms with Gasteiger partial charge in [-0.3, -0.25) is 4.79 Å². The first kappa shape index (κ1) is 6.49. The van der Waals surface area contributed by atoms with E-state index in [2.05, 4.69) is 0 Å². The van der Waals surface area contributed by atoms with E-state index < -0.39 is 0 Å². The molecule has 40 valence electrons. The fourth-order valence-electron chi connectivity index (χ4n) is 0.124. The van der Waals surface area contributed by atoms with E-state index in [1.54, 1.807) is 0 Å². The van der Waals surface area contributed by atoms with Gasteiger partial charge >= 0.3 is 0 Å². The third kappa shape index (κ3) is 5.49. The van der Waals surface area contributed by atoms with E-state index in [1.165, 1.54) is 0 Å². The number of hydrogen-bond acceptors (Lipinski definition) is 3. The van der Waals surface area contributed by atoms with Gasteiger partial charge in [0, 0.05) is 0 Å². The second-order valence-corrected chi connectivity index (χ2v) is 1.75. The molecule has 3 nitrogen and oxygen atoms in total. The van der Waals surface area contributed by atoms with Gasteiger partial charge in [-0.2, -0.15) is 0 Å². The highest BCUT2D eigenvalue weighted by molar-refractivity contribution is 8.12. The summed E-state index contributed by atoms with van der Waals surface area (Å²) in [4.78, 5) is 9.86. The summed E-state index contributed by atoms with van der Waals surface area (Å²) in [7, 11) is 0. The van der Waals surface area contributed by atoms with Crippen molar-refractivity contribution >= 4 is 23.2 Å². The molecular formula is C3H6N2OS. The topological polar surface area (TPSA) is 66.9 Å². The Morgan fingerprint density at radius 2 is 2.57 bits per heavy atom. The predicted molar refractivity (Wildman–Crippen MR) is 30.4 cm³/mol. The number of carbonyl (C=O) groups is 1. The van der Waals surface area contributed by atoms with Crippen molar-refractivity contribution in [3.8, 4) is 0 Å². The highest BCUT2D eigenvalue weighted by atomic mass is 32.2. The molecule has 4 heteroatoms. The molecule has 0 aliphatic heterocycles. The van der Waals surface area contributed by atoms with Crippen LogP contribution in [0.15, 0.2) is 0 Å². The van der Waals surface area contributed by atoms with E-state index in [-0.39, 0.29) is 11.7 Å². The number of hydrogen-bond donors (Lipinski definition) is 2. The zero-order valence-corrected chi connectivity index (χ0v) is 4.49. The summed E-state index contributed by atoms with van der Waals surface area (Å²) in [6, 6.07) is 0. The first-order valence-corrected chi connectivity index (χ1v) is 2.71. The van der Waals surface area contributed by atoms with Gasteiger partial charge in [0.1, 0.15) is 0 Å². The third-order valence-corrected chi connectivity index (χ3v) is 0.927. The standard InChI is InChI=1S/C3H6N2OS/c4-2-7-1-3(5)6/h2,4H,1H2,(H2,5,6). The molecule has 0 aromatic carbocycles. The Bertz CT molecular complexity index is 83.0. The summed E-state index contributed by atoms with van der Waals surface area (Å²) in [6.07, 6.45) is 0. The summed E-state index contributed by atoms with van der Waals surface area (Å²) in [6.45, 7) is 0. The summed E-state index contributed by atoms with van der Waals surface area (Å²) >= 11 is 1.08. The quantitative estimate of drug-likeness (QED) is 0.398. The number of nitrogens with two attached hydrogens (primary N) is 1. The lowest BCUT2D eigenvalue weighted by Crippen LogP contribution is -2.12. The van der Waals surface area contributed by atoms with Gasteiger partial charge in [-0.15, -0.1) is 11.8 Å². The van der Waals surface area contributed by atoms with Crippen LogP contribution in [0, 0.1) is 5.41 Å². The van der Waals surface area contributed by atoms with E-state index >= 15 is 0 Å². The van der Waals surface area contributed by atoms with Crippen molar-refractivity contribution in [1.82, 2.24) is 0 Å². The van der Waals surface area contributed by atoms with Crippen molar-refractivity contribution in [2.75, 3.05) is 5.75 Å². The Balaban J connectivity index is 2.97. The zero-order valence-electron chi connectivity index (χ0n) is 3.68. The van der Waals surface area contributed by atoms with Crippen LogP contribution in [0.3, 0.4) is 0 Å². The van der Waals surface area contributed by atoms with Crippen molar-refractivity contribution in [2.45, 2.75) is 0 Å². The van der Waals surface area contributed by atoms with Gasteiger partial charge in [0.2, 0.25) is 5.91 Å². The van der Waals surface area contributed by atoms with Gasteiger partial charge in [0.05, 0.1) is 11.3 Å². The molecule has 0 saturated heterocycles. The Morgan fingerprint density at radius 3 is 2.71 bits per heavy atom. The molecule has 0 aliphatic carbocycles. The fraction of sp³-hybridized carbons (Fsp3) is 0.333. The first-order chi connectivity index (χ1) is 3.27. The smallest absolute Gasteiger partial charge is 0.227 e. The molecule has 0 aromatic rings. The Labute approximate surface area is 45.8 Å². The predicted octanol–water partition coefficient (Wildman–Crippen LogP) is -0.188. The van der Waals surface area contributed by atoms with Crippen LogP contribution in [0.1, 0.15) is 0 Å². The van der Waals surface area contributed by atoms with E-state index in [4.69, 9.17) is 11.1 Å². The molecule has 0 heterocycles. The SMILES string of the molecule is N=CSCC(N)=O. The van der Waals surface area contributed by atoms with Crippen molar-refractivity contribution < 1.29 is 4.79 Å². The lowest BCUT2D eigenvalue weighted by atomic mass is 10.8. The molecule has 0 aromatic heterocycles. The molecule has 0 bridgehead atoms. The first-order valence-electron chi connectivity index (χ1n) is 1.66. The lowest BCUT2D eigenvalue weighted by molar-refractivity contribution is -0.115. The van der Waals surface area contributed by atoms with Crippen molar-refractivity contribution in [2.24, 2.45) is 5.73 Å². The van der Waals surface area contributed by atoms with E-state index in [9.17, 15) is 4.79 Å². The number of thioether (sulfide) groups is 1. The molecule has 0 atom stereocenters. The van der Waals surface area contributed by atoms with Gasteiger partial charge in [-0.05, 0) is 0 Å². The van der Waals surface area contributed by atoms with Crippen LogP contribution in [0.2, 0.25) is 0 Å². The van der Waals surface area contributed by atoms with Gasteiger partial charge < -0.3 is 11.1 Å². The second-order valence-electron chi connectivity index (χ2n) is 0.895. The molecule has 3 N–H and O–H groups in total. The van der Waals surface area contributed by atoms with Crippen molar-refractivity contribution in [3.05, 3.63) is 0 Å². The molecule has 0 unspecified atom stereocenters. The Kier molecular flexibility index (Phi) is 3.40. The molecule has 0 fully saturated rings. The highest BCUT2D eigenvalue weighted by Gasteiger charge is 1.87. The molecule has 0 spiro atoms. The van der Waals surface area contributed by atoms with Crippen molar-refractivity contribution in [3.63, 3.8) is 0 Å². The normalized spacial score (nSPS) is 8.00. The molecular weight excluding hydrogens is 112 g/mol. The molecule has 0 rings (SSSR count). The summed E-state index contributed by atoms with van der Waals surface area (Å²) in [5.41, 5.74) is 5.80. The average Bonchev–Trinajstić information content (AvgIpc) is 1.61. The largest absolute Gasteiger partial charge is 0.369 e. The fourth-order valence-corrected chi connectivity index (χ4v) is 0.371. The summed E-state index contributed by atoms with van der Waals surface area (Å²) in [5.74, 6) is -0.169. The molecule has 0 radical (unpaired) electrons. The number of amides is 1. The monoisotopic (exact) mass is 118 g/mol. The molecule has 0 aliphatic rings. The van der Waals surface area contributed by atoms with Crippen LogP contribution in [0.4, 0.5) is 0 Å². The van der Waals surface area contributed by atoms with Crippen molar-refractivity contribution in [1.29, 1.82) is 5.41 Å². The molecule has 1 amide bonds. The Morgan fingerprint density at radius 1 is 2.00 bits per heavy atom. The maximum atomic E-state index is 9.86. The van der Waals surface area contributed by atoms with E-state index in [1.807, 2.05) is 0 Å². The van der Waals surface area contributed by atoms with Crippen LogP contribution >= 0.6 is 11.8 Å². The van der Waals surface area contributed by atoms with E-state index in [0.717, 1.165) is 17.3 Å². The highest BCUT2D eigenvalue weighted by Crippen LogP contribution is 1.88. The summed E-state index contributed by atoms with van der Waals surface area (Å²) < 4.78 is 0. The van der Waals surface area contributed by atoms with Crippen LogP contribution in [0.25, 0.3) is 0 Å². The van der Waals surface area contributed by atoms with Crippen LogP contribution in [-0.2, 0) is 4.79 Å². The van der Waals surface area contributed by atoms with E-state index in [0.29, 0.717) is 0 Å². The van der Waals surface area contributed by atoms with Crippen LogP contribution < -0.4 is 5.73 Å². The minimum Gasteiger partial charge on any atom is -0.369 e. The van der Waals surface area contributed by atoms with Gasteiger partial charge in [0.15, 0.2) is 0 Å². The van der Waals surface area contributed by atoms with Gasteiger partial charge in [-0.1, -0.05) is 0 Å². The lowest BCUT2D eigenvalue weighted by Gasteiger charge is -1.82. The number of rotatable bonds is 3. The van der Waals surface area contributed by atoms with Crippen LogP contribution in [-0.4, -0.2) is 17.2 Å². The maximum Gasteiger partial charge on any atom is 0.227 e. The Hall–Kier alpha value is -0.510. The van der Waals surface area contributed by atoms with Crippen LogP contribution in [0.5, 0.6) is 0 Å². The number of carbonyl (C=O) groups excluding carboxylic acids is 1. The number of nitrogens with one attached hydrogen (secondary N) is 1. The zero-order chi connectivity index (χ0) is 5.70. The molecule has 7 heavy (non-hydrogen) atoms. The number of primary amides is 1. The maximum absolute atomic E-state index is 9.86. The molecule has 0 saturated carbocycles. The minimum atomic E-state index is -0.381. The third-order valence-electron chi connectivity index (χ3n) is 0.309. The average molecular weight is 118 g/mol. The minimum absolute atomic E-state index is 0.212. The van der Waals surface area contributed by atoms with Gasteiger partial charge in [0.25, 0.3) is 0 Å². The van der Waals surface area contributed by atoms with Gasteiger partial charge in [-0.25, -0.2) is 0 Å². The second kappa shape index (κ2) is 3.67. The summed E-state index contributed by atoms with van der Waals surface area (Å²) in [5, 5.41) is 6.43.